The molecule has 2 atom stereocenters. The van der Waals surface area contributed by atoms with E-state index in [0.717, 1.165) is 69.7 Å². The first-order valence-electron chi connectivity index (χ1n) is 14.3. The molecule has 1 aromatic heterocycles. The van der Waals surface area contributed by atoms with Crippen molar-refractivity contribution in [3.63, 3.8) is 0 Å². The van der Waals surface area contributed by atoms with Crippen LogP contribution in [0.1, 0.15) is 52.9 Å². The predicted molar refractivity (Wildman–Crippen MR) is 153 cm³/mol. The molecule has 3 N–H and O–H groups in total. The van der Waals surface area contributed by atoms with Gasteiger partial charge < -0.3 is 10.1 Å². The van der Waals surface area contributed by atoms with E-state index in [1.807, 2.05) is 6.07 Å². The van der Waals surface area contributed by atoms with Crippen molar-refractivity contribution in [3.8, 4) is 11.3 Å². The number of benzene rings is 1. The van der Waals surface area contributed by atoms with E-state index >= 15 is 0 Å². The van der Waals surface area contributed by atoms with Crippen LogP contribution in [0.25, 0.3) is 11.3 Å². The second-order valence-corrected chi connectivity index (χ2v) is 11.3. The summed E-state index contributed by atoms with van der Waals surface area (Å²) in [5.41, 5.74) is 1.08. The van der Waals surface area contributed by atoms with Gasteiger partial charge in [0.25, 0.3) is 0 Å². The molecule has 2 aliphatic rings. The monoisotopic (exact) mass is 541 g/mol. The third-order valence-electron chi connectivity index (χ3n) is 7.73. The molecule has 0 aliphatic carbocycles. The fourth-order valence-corrected chi connectivity index (χ4v) is 5.55. The van der Waals surface area contributed by atoms with Crippen molar-refractivity contribution in [3.05, 3.63) is 36.1 Å². The number of anilines is 1. The molecule has 1 aromatic carbocycles. The number of guanidine groups is 1. The summed E-state index contributed by atoms with van der Waals surface area (Å²) in [5.74, 6) is 0.987. The second-order valence-electron chi connectivity index (χ2n) is 11.3. The van der Waals surface area contributed by atoms with E-state index in [4.69, 9.17) is 9.73 Å². The molecule has 2 aliphatic heterocycles. The normalized spacial score (nSPS) is 23.2. The van der Waals surface area contributed by atoms with E-state index in [1.54, 1.807) is 12.1 Å². The van der Waals surface area contributed by atoms with E-state index in [9.17, 15) is 9.18 Å². The Kier molecular flexibility index (Phi) is 10.1. The Morgan fingerprint density at radius 2 is 2.03 bits per heavy atom. The van der Waals surface area contributed by atoms with Crippen LogP contribution < -0.4 is 10.6 Å². The first-order valence-corrected chi connectivity index (χ1v) is 14.3. The van der Waals surface area contributed by atoms with Gasteiger partial charge >= 0.3 is 0 Å². The SMILES string of the molecule is CCCCC1(C(=O)NC(=NCC(C)C)Nc2cc(-c3ccc(F)cc3)[nH]n2)CCC(N2CCOCC2)N(C)C1. The Morgan fingerprint density at radius 3 is 2.69 bits per heavy atom. The molecular formula is C29H44FN7O2. The number of H-pyrrole nitrogens is 1. The van der Waals surface area contributed by atoms with Gasteiger partial charge in [0.1, 0.15) is 5.82 Å². The number of piperidine rings is 1. The largest absolute Gasteiger partial charge is 0.379 e. The first-order chi connectivity index (χ1) is 18.8. The lowest BCUT2D eigenvalue weighted by molar-refractivity contribution is -0.138. The lowest BCUT2D eigenvalue weighted by Crippen LogP contribution is -2.60. The van der Waals surface area contributed by atoms with Crippen LogP contribution in [-0.4, -0.2) is 84.5 Å². The molecule has 2 saturated heterocycles. The van der Waals surface area contributed by atoms with Gasteiger partial charge in [0.15, 0.2) is 5.82 Å². The minimum atomic E-state index is -0.487. The van der Waals surface area contributed by atoms with Gasteiger partial charge in [-0.05, 0) is 62.1 Å². The van der Waals surface area contributed by atoms with E-state index in [0.29, 0.717) is 37.0 Å². The molecule has 2 aromatic rings. The van der Waals surface area contributed by atoms with Gasteiger partial charge in [-0.1, -0.05) is 33.6 Å². The van der Waals surface area contributed by atoms with Crippen LogP contribution >= 0.6 is 0 Å². The highest BCUT2D eigenvalue weighted by Crippen LogP contribution is 2.38. The zero-order valence-corrected chi connectivity index (χ0v) is 23.8. The average Bonchev–Trinajstić information content (AvgIpc) is 3.40. The van der Waals surface area contributed by atoms with Crippen molar-refractivity contribution >= 4 is 17.7 Å². The zero-order valence-electron chi connectivity index (χ0n) is 23.8. The molecule has 10 heteroatoms. The Hall–Kier alpha value is -2.82. The summed E-state index contributed by atoms with van der Waals surface area (Å²) in [5, 5.41) is 13.7. The summed E-state index contributed by atoms with van der Waals surface area (Å²) in [6.07, 6.45) is 4.98. The molecule has 0 spiro atoms. The number of aliphatic imine (C=N–C) groups is 1. The van der Waals surface area contributed by atoms with Crippen LogP contribution in [0, 0.1) is 17.2 Å². The number of nitrogens with zero attached hydrogens (tertiary/aromatic N) is 4. The van der Waals surface area contributed by atoms with Gasteiger partial charge in [-0.15, -0.1) is 0 Å². The molecule has 4 rings (SSSR count). The summed E-state index contributed by atoms with van der Waals surface area (Å²) in [4.78, 5) is 23.5. The number of ether oxygens (including phenoxy) is 1. The lowest BCUT2D eigenvalue weighted by Gasteiger charge is -2.49. The Bertz CT molecular complexity index is 1100. The number of halogens is 1. The molecule has 2 fully saturated rings. The summed E-state index contributed by atoms with van der Waals surface area (Å²) < 4.78 is 18.9. The number of likely N-dealkylation sites (tertiary alicyclic amines) is 1. The summed E-state index contributed by atoms with van der Waals surface area (Å²) in [7, 11) is 2.14. The number of nitrogens with one attached hydrogen (secondary N) is 3. The van der Waals surface area contributed by atoms with Crippen LogP contribution in [-0.2, 0) is 9.53 Å². The van der Waals surface area contributed by atoms with Crippen molar-refractivity contribution in [2.45, 2.75) is 59.0 Å². The Morgan fingerprint density at radius 1 is 1.28 bits per heavy atom. The van der Waals surface area contributed by atoms with E-state index in [1.165, 1.54) is 12.1 Å². The molecule has 214 valence electrons. The highest BCUT2D eigenvalue weighted by molar-refractivity contribution is 6.05. The minimum absolute atomic E-state index is 0.00697. The number of rotatable bonds is 9. The molecule has 0 radical (unpaired) electrons. The first kappa shape index (κ1) is 29.2. The topological polar surface area (TPSA) is 97.9 Å². The number of amides is 1. The lowest BCUT2D eigenvalue weighted by atomic mass is 9.74. The van der Waals surface area contributed by atoms with Gasteiger partial charge in [0, 0.05) is 32.2 Å². The highest BCUT2D eigenvalue weighted by atomic mass is 19.1. The average molecular weight is 542 g/mol. The maximum Gasteiger partial charge on any atom is 0.234 e. The van der Waals surface area contributed by atoms with Crippen molar-refractivity contribution in [1.82, 2.24) is 25.3 Å². The zero-order chi connectivity index (χ0) is 27.8. The Labute approximate surface area is 231 Å². The third kappa shape index (κ3) is 7.64. The number of aromatic amines is 1. The maximum atomic E-state index is 14.0. The van der Waals surface area contributed by atoms with E-state index < -0.39 is 5.41 Å². The van der Waals surface area contributed by atoms with E-state index in [-0.39, 0.29) is 11.7 Å². The number of unbranched alkanes of at least 4 members (excludes halogenated alkanes) is 1. The van der Waals surface area contributed by atoms with Crippen LogP contribution in [0.3, 0.4) is 0 Å². The fourth-order valence-electron chi connectivity index (χ4n) is 5.55. The van der Waals surface area contributed by atoms with Crippen LogP contribution in [0.5, 0.6) is 0 Å². The number of hydrogen-bond donors (Lipinski definition) is 3. The summed E-state index contributed by atoms with van der Waals surface area (Å²) in [6, 6.07) is 8.06. The number of aromatic nitrogens is 2. The number of hydrogen-bond acceptors (Lipinski definition) is 6. The molecule has 1 amide bonds. The van der Waals surface area contributed by atoms with Gasteiger partial charge in [0.2, 0.25) is 11.9 Å². The molecule has 0 saturated carbocycles. The van der Waals surface area contributed by atoms with Gasteiger partial charge in [-0.25, -0.2) is 4.39 Å². The third-order valence-corrected chi connectivity index (χ3v) is 7.73. The van der Waals surface area contributed by atoms with Crippen molar-refractivity contribution in [2.75, 3.05) is 51.8 Å². The Balaban J connectivity index is 1.49. The van der Waals surface area contributed by atoms with Gasteiger partial charge in [0.05, 0.1) is 30.5 Å². The molecule has 3 heterocycles. The van der Waals surface area contributed by atoms with Crippen LogP contribution in [0.4, 0.5) is 10.2 Å². The molecular weight excluding hydrogens is 497 g/mol. The highest BCUT2D eigenvalue weighted by Gasteiger charge is 2.45. The number of carbonyl (C=O) groups excluding carboxylic acids is 1. The molecule has 2 unspecified atom stereocenters. The minimum Gasteiger partial charge on any atom is -0.379 e. The number of carbonyl (C=O) groups is 1. The maximum absolute atomic E-state index is 14.0. The fraction of sp³-hybridized carbons (Fsp3) is 0.621. The van der Waals surface area contributed by atoms with Crippen molar-refractivity contribution in [1.29, 1.82) is 0 Å². The standard InChI is InChI=1S/C29H44FN7O2/c1-5-6-12-29(13-11-26(36(4)20-29)37-14-16-39-17-15-37)27(38)33-28(31-19-21(2)3)32-25-18-24(34-35-25)22-7-9-23(30)10-8-22/h7-10,18,21,26H,5-6,11-17,19-20H2,1-4H3,(H3,31,32,33,34,35,38). The summed E-state index contributed by atoms with van der Waals surface area (Å²) >= 11 is 0. The second kappa shape index (κ2) is 13.5. The molecule has 0 bridgehead atoms. The summed E-state index contributed by atoms with van der Waals surface area (Å²) in [6.45, 7) is 11.0. The quantitative estimate of drug-likeness (QED) is 0.323. The van der Waals surface area contributed by atoms with Crippen molar-refractivity contribution in [2.24, 2.45) is 16.3 Å². The van der Waals surface area contributed by atoms with Crippen molar-refractivity contribution < 1.29 is 13.9 Å². The van der Waals surface area contributed by atoms with E-state index in [2.05, 4.69) is 58.4 Å². The number of morpholine rings is 1. The van der Waals surface area contributed by atoms with Crippen LogP contribution in [0.2, 0.25) is 0 Å². The van der Waals surface area contributed by atoms with Gasteiger partial charge in [-0.3, -0.25) is 30.0 Å². The molecule has 39 heavy (non-hydrogen) atoms. The smallest absolute Gasteiger partial charge is 0.234 e. The van der Waals surface area contributed by atoms with Gasteiger partial charge in [-0.2, -0.15) is 5.10 Å². The predicted octanol–water partition coefficient (Wildman–Crippen LogP) is 4.32. The van der Waals surface area contributed by atoms with Crippen LogP contribution in [0.15, 0.2) is 35.3 Å². The molecule has 9 nitrogen and oxygen atoms in total.